The van der Waals surface area contributed by atoms with Crippen molar-refractivity contribution in [3.05, 3.63) is 124 Å². The molecule has 206 valence electrons. The Balaban J connectivity index is 1.54. The number of nitriles is 1. The Morgan fingerprint density at radius 1 is 1.15 bits per heavy atom. The molecule has 0 amide bonds. The van der Waals surface area contributed by atoms with Crippen LogP contribution in [-0.4, -0.2) is 24.8 Å². The van der Waals surface area contributed by atoms with Crippen molar-refractivity contribution in [2.24, 2.45) is 4.99 Å². The van der Waals surface area contributed by atoms with Gasteiger partial charge < -0.3 is 14.2 Å². The molecule has 5 rings (SSSR count). The molecule has 4 aromatic rings. The Labute approximate surface area is 248 Å². The lowest BCUT2D eigenvalue weighted by molar-refractivity contribution is -0.136. The van der Waals surface area contributed by atoms with Gasteiger partial charge in [0, 0.05) is 0 Å². The molecule has 2 heterocycles. The second-order valence-corrected chi connectivity index (χ2v) is 11.0. The molecule has 3 aromatic carbocycles. The van der Waals surface area contributed by atoms with Gasteiger partial charge in [-0.1, -0.05) is 53.8 Å². The van der Waals surface area contributed by atoms with Crippen LogP contribution in [0.5, 0.6) is 11.5 Å². The van der Waals surface area contributed by atoms with Gasteiger partial charge in [0.2, 0.25) is 0 Å². The van der Waals surface area contributed by atoms with Crippen LogP contribution < -0.4 is 24.4 Å². The summed E-state index contributed by atoms with van der Waals surface area (Å²) in [7, 11) is 2.86. The van der Waals surface area contributed by atoms with E-state index in [0.717, 1.165) is 11.1 Å². The van der Waals surface area contributed by atoms with Crippen LogP contribution in [0.3, 0.4) is 0 Å². The van der Waals surface area contributed by atoms with Crippen LogP contribution in [0.2, 0.25) is 0 Å². The summed E-state index contributed by atoms with van der Waals surface area (Å²) in [6.45, 7) is 2.03. The predicted molar refractivity (Wildman–Crippen MR) is 158 cm³/mol. The summed E-state index contributed by atoms with van der Waals surface area (Å²) in [6.07, 6.45) is 1.76. The second-order valence-electron chi connectivity index (χ2n) is 9.12. The van der Waals surface area contributed by atoms with Crippen molar-refractivity contribution in [2.75, 3.05) is 14.2 Å². The lowest BCUT2D eigenvalue weighted by Gasteiger charge is -2.24. The summed E-state index contributed by atoms with van der Waals surface area (Å²) in [4.78, 5) is 31.7. The van der Waals surface area contributed by atoms with Crippen LogP contribution in [0.4, 0.5) is 0 Å². The highest BCUT2D eigenvalue weighted by Gasteiger charge is 2.32. The Morgan fingerprint density at radius 2 is 1.88 bits per heavy atom. The number of thiazole rings is 1. The molecule has 1 aromatic heterocycles. The van der Waals surface area contributed by atoms with Gasteiger partial charge in [0.15, 0.2) is 16.3 Å². The van der Waals surface area contributed by atoms with Crippen molar-refractivity contribution in [1.82, 2.24) is 4.57 Å². The van der Waals surface area contributed by atoms with Gasteiger partial charge in [-0.25, -0.2) is 9.79 Å². The topological polar surface area (TPSA) is 103 Å². The summed E-state index contributed by atoms with van der Waals surface area (Å²) in [5, 5.41) is 9.01. The maximum absolute atomic E-state index is 13.8. The van der Waals surface area contributed by atoms with E-state index < -0.39 is 12.0 Å². The minimum absolute atomic E-state index is 0.271. The maximum Gasteiger partial charge on any atom is 0.338 e. The van der Waals surface area contributed by atoms with Gasteiger partial charge in [-0.2, -0.15) is 5.26 Å². The summed E-state index contributed by atoms with van der Waals surface area (Å²) in [6, 6.07) is 21.6. The fourth-order valence-corrected chi connectivity index (χ4v) is 6.21. The molecule has 1 atom stereocenters. The van der Waals surface area contributed by atoms with E-state index in [2.05, 4.69) is 27.0 Å². The summed E-state index contributed by atoms with van der Waals surface area (Å²) in [5.74, 6) is 0.468. The number of carbonyl (C=O) groups is 1. The SMILES string of the molecule is COC(=O)C1=C(C)N=c2sc(=Cc3cc(Br)c(OCc4ccc(C#N)cc4)c(OC)c3)c(=O)n2C1c1ccccc1. The number of methoxy groups -OCH3 is 2. The zero-order valence-electron chi connectivity index (χ0n) is 22.4. The first-order valence-corrected chi connectivity index (χ1v) is 14.1. The van der Waals surface area contributed by atoms with E-state index >= 15 is 0 Å². The smallest absolute Gasteiger partial charge is 0.338 e. The molecule has 0 spiro atoms. The standard InChI is InChI=1S/C31H24BrN3O5S/c1-18-26(30(37)39-3)27(22-7-5-4-6-8-22)35-29(36)25(41-31(35)34-18)15-21-13-23(32)28(24(14-21)38-2)40-17-20-11-9-19(16-33)10-12-20/h4-15,27H,17H2,1-3H3. The fourth-order valence-electron chi connectivity index (χ4n) is 4.59. The average Bonchev–Trinajstić information content (AvgIpc) is 3.29. The van der Waals surface area contributed by atoms with Gasteiger partial charge in [-0.3, -0.25) is 9.36 Å². The van der Waals surface area contributed by atoms with Crippen LogP contribution in [0.25, 0.3) is 6.08 Å². The Hall–Kier alpha value is -4.46. The Bertz CT molecular complexity index is 1890. The van der Waals surface area contributed by atoms with Crippen molar-refractivity contribution < 1.29 is 19.0 Å². The normalized spacial score (nSPS) is 14.6. The number of hydrogen-bond donors (Lipinski definition) is 0. The first-order valence-electron chi connectivity index (χ1n) is 12.5. The van der Waals surface area contributed by atoms with Crippen LogP contribution in [0, 0.1) is 11.3 Å². The second kappa shape index (κ2) is 12.0. The first-order chi connectivity index (χ1) is 19.8. The lowest BCUT2D eigenvalue weighted by atomic mass is 9.96. The highest BCUT2D eigenvalue weighted by Crippen LogP contribution is 2.37. The van der Waals surface area contributed by atoms with E-state index in [1.165, 1.54) is 18.4 Å². The summed E-state index contributed by atoms with van der Waals surface area (Å²) >= 11 is 4.83. The largest absolute Gasteiger partial charge is 0.493 e. The molecule has 41 heavy (non-hydrogen) atoms. The van der Waals surface area contributed by atoms with E-state index in [0.29, 0.717) is 47.7 Å². The van der Waals surface area contributed by atoms with Gasteiger partial charge in [0.1, 0.15) is 6.61 Å². The number of hydrogen-bond acceptors (Lipinski definition) is 8. The van der Waals surface area contributed by atoms with E-state index in [9.17, 15) is 9.59 Å². The number of benzene rings is 3. The molecule has 1 unspecified atom stereocenters. The van der Waals surface area contributed by atoms with E-state index in [1.54, 1.807) is 42.9 Å². The number of halogens is 1. The maximum atomic E-state index is 13.8. The molecular weight excluding hydrogens is 606 g/mol. The van der Waals surface area contributed by atoms with Crippen LogP contribution in [-0.2, 0) is 16.1 Å². The highest BCUT2D eigenvalue weighted by atomic mass is 79.9. The van der Waals surface area contributed by atoms with Gasteiger partial charge in [-0.15, -0.1) is 0 Å². The van der Waals surface area contributed by atoms with Crippen molar-refractivity contribution >= 4 is 39.3 Å². The van der Waals surface area contributed by atoms with Crippen molar-refractivity contribution in [3.8, 4) is 17.6 Å². The third kappa shape index (κ3) is 5.59. The predicted octanol–water partition coefficient (Wildman–Crippen LogP) is 4.63. The number of rotatable bonds is 7. The van der Waals surface area contributed by atoms with E-state index in [-0.39, 0.29) is 12.2 Å². The zero-order valence-corrected chi connectivity index (χ0v) is 24.8. The molecule has 0 saturated carbocycles. The number of aromatic nitrogens is 1. The number of nitrogens with zero attached hydrogens (tertiary/aromatic N) is 3. The van der Waals surface area contributed by atoms with E-state index in [1.807, 2.05) is 48.5 Å². The van der Waals surface area contributed by atoms with Gasteiger partial charge in [0.05, 0.1) is 52.2 Å². The minimum atomic E-state index is -0.665. The molecule has 0 bridgehead atoms. The Kier molecular flexibility index (Phi) is 8.19. The van der Waals surface area contributed by atoms with Crippen molar-refractivity contribution in [1.29, 1.82) is 5.26 Å². The number of allylic oxidation sites excluding steroid dienone is 1. The van der Waals surface area contributed by atoms with E-state index in [4.69, 9.17) is 19.5 Å². The number of carbonyl (C=O) groups excluding carboxylic acids is 1. The van der Waals surface area contributed by atoms with Gasteiger partial charge >= 0.3 is 5.97 Å². The molecule has 0 radical (unpaired) electrons. The highest BCUT2D eigenvalue weighted by molar-refractivity contribution is 9.10. The van der Waals surface area contributed by atoms with Crippen molar-refractivity contribution in [3.63, 3.8) is 0 Å². The first kappa shape index (κ1) is 28.1. The summed E-state index contributed by atoms with van der Waals surface area (Å²) in [5.41, 5.74) is 3.53. The third-order valence-electron chi connectivity index (χ3n) is 6.56. The molecule has 1 aliphatic heterocycles. The average molecular weight is 631 g/mol. The monoisotopic (exact) mass is 629 g/mol. The van der Waals surface area contributed by atoms with Crippen LogP contribution in [0.1, 0.15) is 35.2 Å². The zero-order chi connectivity index (χ0) is 29.1. The third-order valence-corrected chi connectivity index (χ3v) is 8.13. The molecule has 1 aliphatic rings. The molecule has 0 fully saturated rings. The van der Waals surface area contributed by atoms with Gasteiger partial charge in [-0.05, 0) is 69.9 Å². The number of esters is 1. The minimum Gasteiger partial charge on any atom is -0.493 e. The molecule has 0 N–H and O–H groups in total. The number of ether oxygens (including phenoxy) is 3. The molecule has 0 saturated heterocycles. The van der Waals surface area contributed by atoms with Gasteiger partial charge in [0.25, 0.3) is 5.56 Å². The molecule has 8 nitrogen and oxygen atoms in total. The van der Waals surface area contributed by atoms with Crippen LogP contribution >= 0.6 is 27.3 Å². The lowest BCUT2D eigenvalue weighted by Crippen LogP contribution is -2.39. The van der Waals surface area contributed by atoms with Crippen LogP contribution in [0.15, 0.2) is 92.3 Å². The Morgan fingerprint density at radius 3 is 2.54 bits per heavy atom. The molecular formula is C31H24BrN3O5S. The summed E-state index contributed by atoms with van der Waals surface area (Å²) < 4.78 is 19.3. The quantitative estimate of drug-likeness (QED) is 0.276. The fraction of sp³-hybridized carbons (Fsp3) is 0.161. The van der Waals surface area contributed by atoms with Crippen molar-refractivity contribution in [2.45, 2.75) is 19.6 Å². The number of fused-ring (bicyclic) bond motifs is 1. The molecule has 0 aliphatic carbocycles. The molecule has 10 heteroatoms.